The lowest BCUT2D eigenvalue weighted by atomic mass is 10.1. The molecule has 0 saturated carbocycles. The van der Waals surface area contributed by atoms with Gasteiger partial charge in [0.1, 0.15) is 6.10 Å². The highest BCUT2D eigenvalue weighted by Crippen LogP contribution is 2.05. The van der Waals surface area contributed by atoms with Crippen LogP contribution < -0.4 is 5.32 Å². The Kier molecular flexibility index (Phi) is 2.62. The number of aliphatic hydroxyl groups excluding tert-OH is 3. The maximum Gasteiger partial charge on any atom is 0.107 e. The van der Waals surface area contributed by atoms with Crippen LogP contribution in [-0.4, -0.2) is 46.7 Å². The van der Waals surface area contributed by atoms with Gasteiger partial charge in [-0.25, -0.2) is 0 Å². The third-order valence-corrected chi connectivity index (χ3v) is 1.76. The zero-order valence-electron chi connectivity index (χ0n) is 5.70. The predicted octanol–water partition coefficient (Wildman–Crippen LogP) is -1.94. The summed E-state index contributed by atoms with van der Waals surface area (Å²) < 4.78 is 0. The molecule has 1 aliphatic rings. The number of hydrogen-bond donors (Lipinski definition) is 4. The van der Waals surface area contributed by atoms with Crippen molar-refractivity contribution < 1.29 is 15.3 Å². The minimum absolute atomic E-state index is 0.359. The number of aliphatic hydroxyl groups is 3. The Morgan fingerprint density at radius 3 is 2.50 bits per heavy atom. The van der Waals surface area contributed by atoms with E-state index in [2.05, 4.69) is 5.32 Å². The van der Waals surface area contributed by atoms with Gasteiger partial charge < -0.3 is 20.6 Å². The molecular formula is C6H13NO3. The fourth-order valence-corrected chi connectivity index (χ4v) is 1.05. The molecule has 0 amide bonds. The summed E-state index contributed by atoms with van der Waals surface area (Å²) in [7, 11) is 0. The zero-order chi connectivity index (χ0) is 7.56. The van der Waals surface area contributed by atoms with Crippen LogP contribution in [0.15, 0.2) is 0 Å². The molecule has 1 aliphatic heterocycles. The summed E-state index contributed by atoms with van der Waals surface area (Å²) in [6.07, 6.45) is -2.12. The smallest absolute Gasteiger partial charge is 0.107 e. The first-order valence-electron chi connectivity index (χ1n) is 3.46. The Balaban J connectivity index is 2.46. The summed E-state index contributed by atoms with van der Waals surface area (Å²) >= 11 is 0. The van der Waals surface area contributed by atoms with Crippen LogP contribution in [0.5, 0.6) is 0 Å². The van der Waals surface area contributed by atoms with Gasteiger partial charge in [0.25, 0.3) is 0 Å². The van der Waals surface area contributed by atoms with E-state index in [0.717, 1.165) is 0 Å². The van der Waals surface area contributed by atoms with Crippen molar-refractivity contribution in [3.63, 3.8) is 0 Å². The molecule has 4 nitrogen and oxygen atoms in total. The SMILES string of the molecule is O[C@H]1[C@H](O)CCNC[C@H]1O. The Morgan fingerprint density at radius 1 is 1.10 bits per heavy atom. The highest BCUT2D eigenvalue weighted by atomic mass is 16.4. The summed E-state index contributed by atoms with van der Waals surface area (Å²) in [6.45, 7) is 1.01. The molecule has 1 fully saturated rings. The lowest BCUT2D eigenvalue weighted by Crippen LogP contribution is -2.38. The molecule has 60 valence electrons. The van der Waals surface area contributed by atoms with Crippen LogP contribution in [0.1, 0.15) is 6.42 Å². The van der Waals surface area contributed by atoms with Gasteiger partial charge in [-0.15, -0.1) is 0 Å². The second-order valence-electron chi connectivity index (χ2n) is 2.62. The highest BCUT2D eigenvalue weighted by Gasteiger charge is 2.26. The van der Waals surface area contributed by atoms with Crippen LogP contribution in [0.2, 0.25) is 0 Å². The molecule has 0 spiro atoms. The summed E-state index contributed by atoms with van der Waals surface area (Å²) in [5.41, 5.74) is 0. The van der Waals surface area contributed by atoms with Gasteiger partial charge in [0, 0.05) is 6.54 Å². The van der Waals surface area contributed by atoms with Gasteiger partial charge in [-0.1, -0.05) is 0 Å². The molecule has 1 saturated heterocycles. The quantitative estimate of drug-likeness (QED) is 0.322. The zero-order valence-corrected chi connectivity index (χ0v) is 5.70. The standard InChI is InChI=1S/C6H13NO3/c8-4-1-2-7-3-5(9)6(4)10/h4-10H,1-3H2/t4-,5-,6+/m1/s1. The molecule has 0 aromatic heterocycles. The molecule has 4 heteroatoms. The molecule has 0 bridgehead atoms. The number of nitrogens with one attached hydrogen (secondary N) is 1. The molecule has 0 radical (unpaired) electrons. The molecule has 1 rings (SSSR count). The van der Waals surface area contributed by atoms with E-state index in [0.29, 0.717) is 19.5 Å². The van der Waals surface area contributed by atoms with Crippen molar-refractivity contribution in [1.29, 1.82) is 0 Å². The first kappa shape index (κ1) is 7.94. The van der Waals surface area contributed by atoms with Crippen molar-refractivity contribution in [3.05, 3.63) is 0 Å². The predicted molar refractivity (Wildman–Crippen MR) is 35.5 cm³/mol. The molecule has 4 N–H and O–H groups in total. The van der Waals surface area contributed by atoms with Gasteiger partial charge in [-0.2, -0.15) is 0 Å². The number of rotatable bonds is 0. The van der Waals surface area contributed by atoms with Gasteiger partial charge in [0.15, 0.2) is 0 Å². The highest BCUT2D eigenvalue weighted by molar-refractivity contribution is 4.80. The summed E-state index contributed by atoms with van der Waals surface area (Å²) in [6, 6.07) is 0. The number of β-amino-alcohol motifs (C(OH)–C–C–N with tert-alkyl or cyclic N) is 1. The second kappa shape index (κ2) is 3.30. The van der Waals surface area contributed by atoms with E-state index in [1.165, 1.54) is 0 Å². The van der Waals surface area contributed by atoms with Gasteiger partial charge in [0.05, 0.1) is 12.2 Å². The van der Waals surface area contributed by atoms with E-state index < -0.39 is 18.3 Å². The van der Waals surface area contributed by atoms with Gasteiger partial charge in [-0.05, 0) is 13.0 Å². The van der Waals surface area contributed by atoms with Crippen molar-refractivity contribution in [2.75, 3.05) is 13.1 Å². The van der Waals surface area contributed by atoms with E-state index in [9.17, 15) is 0 Å². The molecular weight excluding hydrogens is 134 g/mol. The lowest BCUT2D eigenvalue weighted by molar-refractivity contribution is -0.0503. The van der Waals surface area contributed by atoms with Gasteiger partial charge >= 0.3 is 0 Å². The van der Waals surface area contributed by atoms with Crippen molar-refractivity contribution in [2.45, 2.75) is 24.7 Å². The first-order chi connectivity index (χ1) is 4.72. The average molecular weight is 147 g/mol. The van der Waals surface area contributed by atoms with E-state index in [1.807, 2.05) is 0 Å². The Bertz CT molecular complexity index is 97.2. The van der Waals surface area contributed by atoms with Crippen molar-refractivity contribution in [2.24, 2.45) is 0 Å². The summed E-state index contributed by atoms with van der Waals surface area (Å²) in [4.78, 5) is 0. The first-order valence-corrected chi connectivity index (χ1v) is 3.46. The monoisotopic (exact) mass is 147 g/mol. The van der Waals surface area contributed by atoms with Crippen molar-refractivity contribution in [3.8, 4) is 0 Å². The van der Waals surface area contributed by atoms with Crippen LogP contribution in [0, 0.1) is 0 Å². The molecule has 0 aromatic carbocycles. The largest absolute Gasteiger partial charge is 0.390 e. The summed E-state index contributed by atoms with van der Waals surface area (Å²) in [5.74, 6) is 0. The minimum Gasteiger partial charge on any atom is -0.390 e. The van der Waals surface area contributed by atoms with Crippen molar-refractivity contribution in [1.82, 2.24) is 5.32 Å². The van der Waals surface area contributed by atoms with Crippen LogP contribution in [-0.2, 0) is 0 Å². The Morgan fingerprint density at radius 2 is 1.80 bits per heavy atom. The van der Waals surface area contributed by atoms with E-state index in [-0.39, 0.29) is 0 Å². The molecule has 1 heterocycles. The molecule has 0 aliphatic carbocycles. The maximum atomic E-state index is 9.09. The molecule has 0 unspecified atom stereocenters. The average Bonchev–Trinajstić information content (AvgIpc) is 2.04. The Labute approximate surface area is 59.5 Å². The lowest BCUT2D eigenvalue weighted by Gasteiger charge is -2.17. The van der Waals surface area contributed by atoms with E-state index in [4.69, 9.17) is 15.3 Å². The van der Waals surface area contributed by atoms with Crippen LogP contribution in [0.3, 0.4) is 0 Å². The van der Waals surface area contributed by atoms with E-state index >= 15 is 0 Å². The third-order valence-electron chi connectivity index (χ3n) is 1.76. The van der Waals surface area contributed by atoms with Crippen LogP contribution in [0.4, 0.5) is 0 Å². The fourth-order valence-electron chi connectivity index (χ4n) is 1.05. The molecule has 10 heavy (non-hydrogen) atoms. The van der Waals surface area contributed by atoms with Crippen molar-refractivity contribution >= 4 is 0 Å². The normalized spacial score (nSPS) is 42.9. The maximum absolute atomic E-state index is 9.09. The topological polar surface area (TPSA) is 72.7 Å². The van der Waals surface area contributed by atoms with Gasteiger partial charge in [-0.3, -0.25) is 0 Å². The number of hydrogen-bond acceptors (Lipinski definition) is 4. The molecule has 0 aromatic rings. The van der Waals surface area contributed by atoms with Crippen LogP contribution in [0.25, 0.3) is 0 Å². The molecule has 3 atom stereocenters. The van der Waals surface area contributed by atoms with Gasteiger partial charge in [0.2, 0.25) is 0 Å². The fraction of sp³-hybridized carbons (Fsp3) is 1.00. The van der Waals surface area contributed by atoms with Crippen LogP contribution >= 0.6 is 0 Å². The Hall–Kier alpha value is -0.160. The third kappa shape index (κ3) is 1.67. The van der Waals surface area contributed by atoms with E-state index in [1.54, 1.807) is 0 Å². The summed E-state index contributed by atoms with van der Waals surface area (Å²) in [5, 5.41) is 30.1. The second-order valence-corrected chi connectivity index (χ2v) is 2.62. The minimum atomic E-state index is -0.991.